The van der Waals surface area contributed by atoms with Crippen LogP contribution in [0.1, 0.15) is 31.1 Å². The predicted molar refractivity (Wildman–Crippen MR) is 75.9 cm³/mol. The summed E-state index contributed by atoms with van der Waals surface area (Å²) in [6.07, 6.45) is 4.77. The van der Waals surface area contributed by atoms with E-state index in [4.69, 9.17) is 5.84 Å². The predicted octanol–water partition coefficient (Wildman–Crippen LogP) is 2.50. The molecule has 0 unspecified atom stereocenters. The molecule has 0 amide bonds. The number of aromatic nitrogens is 2. The Bertz CT molecular complexity index is 561. The van der Waals surface area contributed by atoms with E-state index in [0.717, 1.165) is 22.5 Å². The molecule has 2 aromatic heterocycles. The van der Waals surface area contributed by atoms with Crippen LogP contribution in [0.3, 0.4) is 0 Å². The van der Waals surface area contributed by atoms with Crippen LogP contribution in [-0.4, -0.2) is 16.0 Å². The smallest absolute Gasteiger partial charge is 0.240 e. The summed E-state index contributed by atoms with van der Waals surface area (Å²) in [6.45, 7) is 2.15. The maximum Gasteiger partial charge on any atom is 0.240 e. The third-order valence-corrected chi connectivity index (χ3v) is 4.54. The van der Waals surface area contributed by atoms with E-state index < -0.39 is 0 Å². The van der Waals surface area contributed by atoms with Crippen molar-refractivity contribution >= 4 is 33.3 Å². The normalized spacial score (nSPS) is 15.7. The summed E-state index contributed by atoms with van der Waals surface area (Å²) in [4.78, 5) is 11.2. The number of nitrogens with two attached hydrogens (primary N) is 1. The number of hydrazine groups is 1. The number of hydrogen-bond donors (Lipinski definition) is 3. The van der Waals surface area contributed by atoms with Gasteiger partial charge in [0.05, 0.1) is 5.39 Å². The van der Waals surface area contributed by atoms with Crippen molar-refractivity contribution in [2.45, 2.75) is 38.6 Å². The number of nitrogens with one attached hydrogen (secondary N) is 2. The van der Waals surface area contributed by atoms with Gasteiger partial charge in [-0.3, -0.25) is 5.43 Å². The first-order valence-corrected chi connectivity index (χ1v) is 7.15. The number of nitrogens with zero attached hydrogens (tertiary/aromatic N) is 2. The Morgan fingerprint density at radius 3 is 2.89 bits per heavy atom. The van der Waals surface area contributed by atoms with Crippen molar-refractivity contribution in [1.82, 2.24) is 9.97 Å². The van der Waals surface area contributed by atoms with Crippen LogP contribution in [0.15, 0.2) is 6.07 Å². The van der Waals surface area contributed by atoms with E-state index in [0.29, 0.717) is 12.0 Å². The Morgan fingerprint density at radius 1 is 1.44 bits per heavy atom. The third kappa shape index (κ3) is 2.02. The fraction of sp³-hybridized carbons (Fsp3) is 0.500. The van der Waals surface area contributed by atoms with Crippen molar-refractivity contribution in [2.24, 2.45) is 5.84 Å². The lowest BCUT2D eigenvalue weighted by atomic mass is 9.93. The minimum absolute atomic E-state index is 0.480. The summed E-state index contributed by atoms with van der Waals surface area (Å²) >= 11 is 1.71. The number of anilines is 2. The molecule has 3 rings (SSSR count). The number of nitrogen functional groups attached to an aromatic ring is 1. The topological polar surface area (TPSA) is 75.9 Å². The number of hydrogen-bond acceptors (Lipinski definition) is 6. The second-order valence-electron chi connectivity index (χ2n) is 4.60. The first kappa shape index (κ1) is 11.7. The fourth-order valence-corrected chi connectivity index (χ4v) is 3.03. The van der Waals surface area contributed by atoms with Gasteiger partial charge < -0.3 is 5.32 Å². The molecular weight excluding hydrogens is 246 g/mol. The first-order chi connectivity index (χ1) is 8.80. The Labute approximate surface area is 110 Å². The van der Waals surface area contributed by atoms with E-state index in [-0.39, 0.29) is 0 Å². The summed E-state index contributed by atoms with van der Waals surface area (Å²) in [7, 11) is 0. The van der Waals surface area contributed by atoms with Crippen LogP contribution in [-0.2, 0) is 6.42 Å². The van der Waals surface area contributed by atoms with Gasteiger partial charge in [0.25, 0.3) is 0 Å². The van der Waals surface area contributed by atoms with Crippen molar-refractivity contribution in [3.63, 3.8) is 0 Å². The SMILES string of the molecule is CCc1cc2c(NC3CCC3)nc(NN)nc2s1. The molecule has 0 aliphatic heterocycles. The molecule has 1 aliphatic rings. The maximum atomic E-state index is 5.43. The summed E-state index contributed by atoms with van der Waals surface area (Å²) in [5.74, 6) is 6.82. The quantitative estimate of drug-likeness (QED) is 0.583. The van der Waals surface area contributed by atoms with Gasteiger partial charge in [0.1, 0.15) is 10.6 Å². The van der Waals surface area contributed by atoms with Crippen LogP contribution < -0.4 is 16.6 Å². The van der Waals surface area contributed by atoms with Crippen molar-refractivity contribution in [2.75, 3.05) is 10.7 Å². The molecule has 18 heavy (non-hydrogen) atoms. The van der Waals surface area contributed by atoms with Crippen molar-refractivity contribution in [3.8, 4) is 0 Å². The molecule has 0 saturated heterocycles. The summed E-state index contributed by atoms with van der Waals surface area (Å²) in [5, 5.41) is 4.61. The molecule has 2 aromatic rings. The van der Waals surface area contributed by atoms with Crippen LogP contribution >= 0.6 is 11.3 Å². The van der Waals surface area contributed by atoms with Crippen molar-refractivity contribution < 1.29 is 0 Å². The van der Waals surface area contributed by atoms with E-state index in [2.05, 4.69) is 33.7 Å². The van der Waals surface area contributed by atoms with Gasteiger partial charge in [0.2, 0.25) is 5.95 Å². The van der Waals surface area contributed by atoms with E-state index in [1.807, 2.05) is 0 Å². The highest BCUT2D eigenvalue weighted by Gasteiger charge is 2.20. The molecule has 6 heteroatoms. The van der Waals surface area contributed by atoms with E-state index in [1.54, 1.807) is 11.3 Å². The Kier molecular flexibility index (Phi) is 3.05. The number of aryl methyl sites for hydroxylation is 1. The zero-order chi connectivity index (χ0) is 12.5. The minimum Gasteiger partial charge on any atom is -0.367 e. The lowest BCUT2D eigenvalue weighted by Crippen LogP contribution is -2.27. The molecule has 4 N–H and O–H groups in total. The largest absolute Gasteiger partial charge is 0.367 e. The van der Waals surface area contributed by atoms with Gasteiger partial charge in [0, 0.05) is 10.9 Å². The Morgan fingerprint density at radius 2 is 2.28 bits per heavy atom. The van der Waals surface area contributed by atoms with Gasteiger partial charge in [0.15, 0.2) is 0 Å². The number of thiophene rings is 1. The second-order valence-corrected chi connectivity index (χ2v) is 5.71. The molecule has 0 radical (unpaired) electrons. The second kappa shape index (κ2) is 4.70. The van der Waals surface area contributed by atoms with Gasteiger partial charge in [-0.05, 0) is 31.7 Å². The van der Waals surface area contributed by atoms with Crippen molar-refractivity contribution in [3.05, 3.63) is 10.9 Å². The van der Waals surface area contributed by atoms with Gasteiger partial charge in [-0.2, -0.15) is 4.98 Å². The average Bonchev–Trinajstić information content (AvgIpc) is 2.76. The molecule has 2 heterocycles. The average molecular weight is 263 g/mol. The zero-order valence-corrected chi connectivity index (χ0v) is 11.2. The highest BCUT2D eigenvalue weighted by molar-refractivity contribution is 7.18. The third-order valence-electron chi connectivity index (χ3n) is 3.37. The van der Waals surface area contributed by atoms with Crippen LogP contribution in [0.2, 0.25) is 0 Å². The van der Waals surface area contributed by atoms with E-state index in [9.17, 15) is 0 Å². The molecular formula is C12H17N5S. The van der Waals surface area contributed by atoms with E-state index >= 15 is 0 Å². The van der Waals surface area contributed by atoms with Gasteiger partial charge in [-0.1, -0.05) is 6.92 Å². The Balaban J connectivity index is 2.04. The summed E-state index contributed by atoms with van der Waals surface area (Å²) in [6, 6.07) is 2.74. The molecule has 0 aromatic carbocycles. The van der Waals surface area contributed by atoms with E-state index in [1.165, 1.54) is 24.1 Å². The van der Waals surface area contributed by atoms with Crippen LogP contribution in [0, 0.1) is 0 Å². The summed E-state index contributed by atoms with van der Waals surface area (Å²) in [5.41, 5.74) is 2.54. The zero-order valence-electron chi connectivity index (χ0n) is 10.4. The maximum absolute atomic E-state index is 5.43. The first-order valence-electron chi connectivity index (χ1n) is 6.33. The molecule has 0 atom stereocenters. The lowest BCUT2D eigenvalue weighted by molar-refractivity contribution is 0.445. The fourth-order valence-electron chi connectivity index (χ4n) is 2.07. The van der Waals surface area contributed by atoms with Gasteiger partial charge in [-0.25, -0.2) is 10.8 Å². The minimum atomic E-state index is 0.480. The van der Waals surface area contributed by atoms with Gasteiger partial charge in [-0.15, -0.1) is 11.3 Å². The Hall–Kier alpha value is -1.40. The highest BCUT2D eigenvalue weighted by atomic mass is 32.1. The van der Waals surface area contributed by atoms with Gasteiger partial charge >= 0.3 is 0 Å². The van der Waals surface area contributed by atoms with Crippen LogP contribution in [0.4, 0.5) is 11.8 Å². The lowest BCUT2D eigenvalue weighted by Gasteiger charge is -2.27. The molecule has 0 spiro atoms. The van der Waals surface area contributed by atoms with Crippen LogP contribution in [0.25, 0.3) is 10.2 Å². The molecule has 0 bridgehead atoms. The highest BCUT2D eigenvalue weighted by Crippen LogP contribution is 2.32. The molecule has 96 valence electrons. The monoisotopic (exact) mass is 263 g/mol. The molecule has 1 aliphatic carbocycles. The standard InChI is InChI=1S/C12H17N5S/c1-2-8-6-9-10(14-7-4-3-5-7)15-12(17-13)16-11(9)18-8/h6-7H,2-5,13H2,1H3,(H2,14,15,16,17). The number of fused-ring (bicyclic) bond motifs is 1. The molecule has 5 nitrogen and oxygen atoms in total. The molecule has 1 fully saturated rings. The summed E-state index contributed by atoms with van der Waals surface area (Å²) < 4.78 is 0. The number of rotatable bonds is 4. The molecule has 1 saturated carbocycles. The van der Waals surface area contributed by atoms with Crippen LogP contribution in [0.5, 0.6) is 0 Å². The van der Waals surface area contributed by atoms with Crippen molar-refractivity contribution in [1.29, 1.82) is 0 Å².